The highest BCUT2D eigenvalue weighted by molar-refractivity contribution is 6.64. The molecule has 108 valence electrons. The fourth-order valence-corrected chi connectivity index (χ4v) is 3.66. The van der Waals surface area contributed by atoms with Crippen molar-refractivity contribution in [3.05, 3.63) is 53.6 Å². The van der Waals surface area contributed by atoms with Crippen LogP contribution >= 0.6 is 11.6 Å². The highest BCUT2D eigenvalue weighted by Gasteiger charge is 2.14. The monoisotopic (exact) mass is 313 g/mol. The summed E-state index contributed by atoms with van der Waals surface area (Å²) in [6.07, 6.45) is 0. The maximum Gasteiger partial charge on any atom is 0.142 e. The second kappa shape index (κ2) is 5.24. The van der Waals surface area contributed by atoms with E-state index in [2.05, 4.69) is 71.0 Å². The first-order chi connectivity index (χ1) is 11.1. The minimum absolute atomic E-state index is 0.878. The molecule has 0 saturated carbocycles. The number of H-pyrrole nitrogens is 1. The van der Waals surface area contributed by atoms with Gasteiger partial charge in [-0.05, 0) is 17.2 Å². The predicted octanol–water partition coefficient (Wildman–Crippen LogP) is 0.417. The van der Waals surface area contributed by atoms with Crippen LogP contribution in [-0.4, -0.2) is 28.5 Å². The third kappa shape index (κ3) is 2.13. The number of halogens is 1. The molecule has 0 amide bonds. The van der Waals surface area contributed by atoms with Crippen molar-refractivity contribution in [3.63, 3.8) is 0 Å². The number of aromatic nitrogens is 1. The molecule has 0 unspecified atom stereocenters. The van der Waals surface area contributed by atoms with Gasteiger partial charge >= 0.3 is 0 Å². The van der Waals surface area contributed by atoms with Gasteiger partial charge in [0.15, 0.2) is 0 Å². The SMILES string of the molecule is Bc1c(Cl)c(B)c2c([nH]c3cc(-c4ccccc4)ccc32)c1B. The lowest BCUT2D eigenvalue weighted by molar-refractivity contribution is 1.56. The largest absolute Gasteiger partial charge is 0.355 e. The zero-order valence-electron chi connectivity index (χ0n) is 13.5. The Balaban J connectivity index is 2.07. The summed E-state index contributed by atoms with van der Waals surface area (Å²) in [5, 5.41) is 3.36. The Hall–Kier alpha value is -2.06. The van der Waals surface area contributed by atoms with Crippen molar-refractivity contribution in [1.29, 1.82) is 0 Å². The van der Waals surface area contributed by atoms with Crippen LogP contribution in [0.2, 0.25) is 5.02 Å². The summed E-state index contributed by atoms with van der Waals surface area (Å²) in [6.45, 7) is 0. The van der Waals surface area contributed by atoms with Crippen LogP contribution in [-0.2, 0) is 0 Å². The molecule has 0 saturated heterocycles. The van der Waals surface area contributed by atoms with Gasteiger partial charge in [0.2, 0.25) is 0 Å². The zero-order chi connectivity index (χ0) is 16.1. The van der Waals surface area contributed by atoms with Crippen LogP contribution in [0.25, 0.3) is 32.9 Å². The average Bonchev–Trinajstić information content (AvgIpc) is 2.97. The molecule has 23 heavy (non-hydrogen) atoms. The number of hydrogen-bond donors (Lipinski definition) is 1. The van der Waals surface area contributed by atoms with Gasteiger partial charge in [-0.25, -0.2) is 0 Å². The first-order valence-electron chi connectivity index (χ1n) is 7.84. The van der Waals surface area contributed by atoms with Crippen molar-refractivity contribution in [2.75, 3.05) is 0 Å². The van der Waals surface area contributed by atoms with Crippen molar-refractivity contribution in [1.82, 2.24) is 4.98 Å². The van der Waals surface area contributed by atoms with E-state index in [1.165, 1.54) is 32.9 Å². The number of aromatic amines is 1. The standard InChI is InChI=1S/C18H15B3ClN/c19-14-13-11-7-6-10(9-4-2-1-3-5-9)8-12(11)23-18(13)16(21)15(20)17(14)22/h1-8,23H,19-21H2. The Bertz CT molecular complexity index is 1050. The minimum Gasteiger partial charge on any atom is -0.355 e. The number of hydrogen-bond acceptors (Lipinski definition) is 0. The molecule has 0 bridgehead atoms. The molecule has 4 aromatic rings. The summed E-state index contributed by atoms with van der Waals surface area (Å²) in [4.78, 5) is 3.61. The molecule has 0 fully saturated rings. The molecule has 0 aliphatic rings. The van der Waals surface area contributed by atoms with Crippen molar-refractivity contribution < 1.29 is 0 Å². The van der Waals surface area contributed by atoms with Crippen LogP contribution in [0.4, 0.5) is 0 Å². The molecule has 0 radical (unpaired) electrons. The van der Waals surface area contributed by atoms with Crippen molar-refractivity contribution >= 4 is 73.3 Å². The molecule has 4 rings (SSSR count). The Morgan fingerprint density at radius 2 is 1.52 bits per heavy atom. The lowest BCUT2D eigenvalue weighted by Crippen LogP contribution is -2.32. The molecule has 0 atom stereocenters. The molecule has 1 nitrogen and oxygen atoms in total. The Morgan fingerprint density at radius 3 is 2.26 bits per heavy atom. The molecular weight excluding hydrogens is 298 g/mol. The van der Waals surface area contributed by atoms with Crippen molar-refractivity contribution in [3.8, 4) is 11.1 Å². The smallest absolute Gasteiger partial charge is 0.142 e. The molecule has 0 aliphatic carbocycles. The van der Waals surface area contributed by atoms with Gasteiger partial charge < -0.3 is 4.98 Å². The summed E-state index contributed by atoms with van der Waals surface area (Å²) in [5.74, 6) is 0. The minimum atomic E-state index is 0.878. The van der Waals surface area contributed by atoms with E-state index in [1.807, 2.05) is 6.07 Å². The van der Waals surface area contributed by atoms with E-state index >= 15 is 0 Å². The highest BCUT2D eigenvalue weighted by Crippen LogP contribution is 2.28. The van der Waals surface area contributed by atoms with E-state index in [0.29, 0.717) is 0 Å². The van der Waals surface area contributed by atoms with Crippen LogP contribution < -0.4 is 16.4 Å². The van der Waals surface area contributed by atoms with Gasteiger partial charge in [-0.2, -0.15) is 0 Å². The third-order valence-electron chi connectivity index (χ3n) is 4.88. The molecule has 0 spiro atoms. The molecule has 5 heteroatoms. The molecule has 3 aromatic carbocycles. The van der Waals surface area contributed by atoms with E-state index in [0.717, 1.165) is 21.5 Å². The summed E-state index contributed by atoms with van der Waals surface area (Å²) in [7, 11) is 6.33. The first-order valence-corrected chi connectivity index (χ1v) is 8.22. The second-order valence-corrected chi connectivity index (χ2v) is 6.57. The van der Waals surface area contributed by atoms with Gasteiger partial charge in [0.25, 0.3) is 0 Å². The van der Waals surface area contributed by atoms with Crippen LogP contribution in [0.5, 0.6) is 0 Å². The average molecular weight is 313 g/mol. The molecular formula is C18H15B3ClN. The van der Waals surface area contributed by atoms with Gasteiger partial charge in [0.05, 0.1) is 0 Å². The topological polar surface area (TPSA) is 15.8 Å². The van der Waals surface area contributed by atoms with Gasteiger partial charge in [0, 0.05) is 26.8 Å². The van der Waals surface area contributed by atoms with E-state index < -0.39 is 0 Å². The maximum atomic E-state index is 6.53. The number of benzene rings is 3. The van der Waals surface area contributed by atoms with E-state index in [4.69, 9.17) is 11.6 Å². The summed E-state index contributed by atoms with van der Waals surface area (Å²) in [5.41, 5.74) is 8.36. The van der Waals surface area contributed by atoms with Crippen molar-refractivity contribution in [2.24, 2.45) is 0 Å². The normalized spacial score (nSPS) is 11.3. The third-order valence-corrected chi connectivity index (χ3v) is 5.44. The summed E-state index contributed by atoms with van der Waals surface area (Å²) < 4.78 is 0. The van der Waals surface area contributed by atoms with Gasteiger partial charge in [0.1, 0.15) is 23.5 Å². The van der Waals surface area contributed by atoms with Crippen molar-refractivity contribution in [2.45, 2.75) is 0 Å². The van der Waals surface area contributed by atoms with Crippen LogP contribution in [0, 0.1) is 0 Å². The van der Waals surface area contributed by atoms with Gasteiger partial charge in [-0.3, -0.25) is 0 Å². The van der Waals surface area contributed by atoms with Crippen LogP contribution in [0.1, 0.15) is 0 Å². The molecule has 1 aromatic heterocycles. The number of fused-ring (bicyclic) bond motifs is 3. The molecule has 1 heterocycles. The lowest BCUT2D eigenvalue weighted by Gasteiger charge is -2.10. The summed E-state index contributed by atoms with van der Waals surface area (Å²) >= 11 is 6.53. The fraction of sp³-hybridized carbons (Fsp3) is 0. The van der Waals surface area contributed by atoms with E-state index in [9.17, 15) is 0 Å². The number of rotatable bonds is 1. The zero-order valence-corrected chi connectivity index (χ0v) is 14.3. The Kier molecular flexibility index (Phi) is 3.31. The summed E-state index contributed by atoms with van der Waals surface area (Å²) in [6, 6.07) is 17.1. The van der Waals surface area contributed by atoms with E-state index in [1.54, 1.807) is 0 Å². The van der Waals surface area contributed by atoms with Gasteiger partial charge in [-0.1, -0.05) is 70.5 Å². The van der Waals surface area contributed by atoms with Crippen LogP contribution in [0.15, 0.2) is 48.5 Å². The van der Waals surface area contributed by atoms with E-state index in [-0.39, 0.29) is 0 Å². The first kappa shape index (κ1) is 14.5. The number of nitrogens with one attached hydrogen (secondary N) is 1. The lowest BCUT2D eigenvalue weighted by atomic mass is 9.74. The van der Waals surface area contributed by atoms with Crippen LogP contribution in [0.3, 0.4) is 0 Å². The maximum absolute atomic E-state index is 6.53. The highest BCUT2D eigenvalue weighted by atomic mass is 35.5. The fourth-order valence-electron chi connectivity index (χ4n) is 3.42. The molecule has 0 aliphatic heterocycles. The predicted molar refractivity (Wildman–Crippen MR) is 111 cm³/mol. The Labute approximate surface area is 143 Å². The quantitative estimate of drug-likeness (QED) is 0.490. The second-order valence-electron chi connectivity index (χ2n) is 6.19. The Morgan fingerprint density at radius 1 is 0.783 bits per heavy atom. The van der Waals surface area contributed by atoms with Gasteiger partial charge in [-0.15, -0.1) is 0 Å². The molecule has 1 N–H and O–H groups in total.